The quantitative estimate of drug-likeness (QED) is 0.187. The summed E-state index contributed by atoms with van der Waals surface area (Å²) in [5, 5.41) is 5.28. The zero-order chi connectivity index (χ0) is 32.4. The van der Waals surface area contributed by atoms with Crippen LogP contribution in [0.4, 0.5) is 17.1 Å². The van der Waals surface area contributed by atoms with E-state index >= 15 is 0 Å². The second-order valence-corrected chi connectivity index (χ2v) is 15.6. The van der Waals surface area contributed by atoms with E-state index in [1.165, 1.54) is 92.5 Å². The fraction of sp³-hybridized carbons (Fsp3) is 0.130. The summed E-state index contributed by atoms with van der Waals surface area (Å²) in [6.07, 6.45) is 0. The molecule has 0 spiro atoms. The average molecular weight is 634 g/mol. The van der Waals surface area contributed by atoms with Gasteiger partial charge < -0.3 is 4.90 Å². The van der Waals surface area contributed by atoms with Gasteiger partial charge in [-0.3, -0.25) is 0 Å². The number of fused-ring (bicyclic) bond motifs is 11. The van der Waals surface area contributed by atoms with Crippen LogP contribution >= 0.6 is 11.3 Å². The van der Waals surface area contributed by atoms with Gasteiger partial charge in [-0.15, -0.1) is 11.3 Å². The molecule has 0 saturated carbocycles. The molecule has 0 amide bonds. The molecule has 0 bridgehead atoms. The summed E-state index contributed by atoms with van der Waals surface area (Å²) < 4.78 is 2.67. The Morgan fingerprint density at radius 2 is 0.917 bits per heavy atom. The maximum absolute atomic E-state index is 2.49. The Morgan fingerprint density at radius 1 is 0.417 bits per heavy atom. The summed E-state index contributed by atoms with van der Waals surface area (Å²) in [6, 6.07) is 52.5. The minimum absolute atomic E-state index is 0.0777. The van der Waals surface area contributed by atoms with E-state index in [4.69, 9.17) is 0 Å². The number of nitrogens with zero attached hydrogens (tertiary/aromatic N) is 1. The number of hydrogen-bond acceptors (Lipinski definition) is 2. The third kappa shape index (κ3) is 3.72. The van der Waals surface area contributed by atoms with Crippen molar-refractivity contribution in [1.82, 2.24) is 0 Å². The van der Waals surface area contributed by atoms with Crippen molar-refractivity contribution in [1.29, 1.82) is 0 Å². The Morgan fingerprint density at radius 3 is 1.56 bits per heavy atom. The second-order valence-electron chi connectivity index (χ2n) is 14.6. The van der Waals surface area contributed by atoms with Crippen molar-refractivity contribution in [2.75, 3.05) is 4.90 Å². The fourth-order valence-corrected chi connectivity index (χ4v) is 10.0. The second kappa shape index (κ2) is 9.69. The molecule has 8 aromatic rings. The van der Waals surface area contributed by atoms with Gasteiger partial charge in [0.2, 0.25) is 0 Å². The minimum atomic E-state index is -0.0777. The fourth-order valence-electron chi connectivity index (χ4n) is 8.74. The summed E-state index contributed by atoms with van der Waals surface area (Å²) in [6.45, 7) is 9.48. The molecule has 0 N–H and O–H groups in total. The van der Waals surface area contributed by atoms with Crippen LogP contribution < -0.4 is 4.90 Å². The van der Waals surface area contributed by atoms with E-state index in [0.29, 0.717) is 0 Å². The van der Waals surface area contributed by atoms with Gasteiger partial charge in [0.1, 0.15) is 0 Å². The highest BCUT2D eigenvalue weighted by Crippen LogP contribution is 2.53. The Hall–Kier alpha value is -5.18. The van der Waals surface area contributed by atoms with Gasteiger partial charge in [0.05, 0.1) is 0 Å². The molecule has 0 aliphatic heterocycles. The lowest BCUT2D eigenvalue weighted by Gasteiger charge is -2.29. The standard InChI is InChI=1S/C46H35NS/c1-45(2)39-15-9-7-13-33(39)35-22-18-29(25-41(35)45)47(30-19-23-36-34-14-8-10-16-40(34)46(3,4)42(36)26-30)31-20-24-37-38-21-17-28-11-5-6-12-32(28)44(38)48-43(37)27-31/h5-27H,1-4H3. The lowest BCUT2D eigenvalue weighted by atomic mass is 9.82. The molecular weight excluding hydrogens is 599 g/mol. The molecule has 230 valence electrons. The van der Waals surface area contributed by atoms with Crippen molar-refractivity contribution >= 4 is 59.3 Å². The molecule has 0 unspecified atom stereocenters. The predicted molar refractivity (Wildman–Crippen MR) is 207 cm³/mol. The van der Waals surface area contributed by atoms with Gasteiger partial charge in [-0.25, -0.2) is 0 Å². The molecule has 2 aliphatic rings. The van der Waals surface area contributed by atoms with Crippen molar-refractivity contribution < 1.29 is 0 Å². The zero-order valence-electron chi connectivity index (χ0n) is 27.6. The first-order valence-corrected chi connectivity index (χ1v) is 17.8. The highest BCUT2D eigenvalue weighted by Gasteiger charge is 2.37. The Bertz CT molecular complexity index is 2530. The Labute approximate surface area is 285 Å². The molecule has 1 aromatic heterocycles. The smallest absolute Gasteiger partial charge is 0.0476 e. The molecule has 0 atom stereocenters. The van der Waals surface area contributed by atoms with Crippen molar-refractivity contribution in [2.24, 2.45) is 0 Å². The normalized spacial score (nSPS) is 15.0. The maximum Gasteiger partial charge on any atom is 0.0476 e. The first-order chi connectivity index (χ1) is 23.3. The minimum Gasteiger partial charge on any atom is -0.310 e. The third-order valence-electron chi connectivity index (χ3n) is 11.3. The largest absolute Gasteiger partial charge is 0.310 e. The van der Waals surface area contributed by atoms with Crippen LogP contribution in [-0.4, -0.2) is 0 Å². The summed E-state index contributed by atoms with van der Waals surface area (Å²) in [4.78, 5) is 2.49. The molecule has 1 heterocycles. The van der Waals surface area contributed by atoms with E-state index in [2.05, 4.69) is 172 Å². The van der Waals surface area contributed by atoms with Crippen molar-refractivity contribution in [3.63, 3.8) is 0 Å². The van der Waals surface area contributed by atoms with Crippen LogP contribution in [0.2, 0.25) is 0 Å². The predicted octanol–water partition coefficient (Wildman–Crippen LogP) is 13.3. The number of anilines is 3. The van der Waals surface area contributed by atoms with Gasteiger partial charge in [-0.1, -0.05) is 131 Å². The number of benzene rings is 7. The molecular formula is C46H35NS. The zero-order valence-corrected chi connectivity index (χ0v) is 28.5. The molecule has 48 heavy (non-hydrogen) atoms. The summed E-state index contributed by atoms with van der Waals surface area (Å²) >= 11 is 1.91. The molecule has 2 heteroatoms. The van der Waals surface area contributed by atoms with Gasteiger partial charge in [0, 0.05) is 48.1 Å². The van der Waals surface area contributed by atoms with Gasteiger partial charge in [0.25, 0.3) is 0 Å². The molecule has 0 saturated heterocycles. The van der Waals surface area contributed by atoms with Crippen molar-refractivity contribution in [3.05, 3.63) is 162 Å². The molecule has 7 aromatic carbocycles. The number of rotatable bonds is 3. The van der Waals surface area contributed by atoms with Crippen LogP contribution in [0, 0.1) is 0 Å². The van der Waals surface area contributed by atoms with Crippen LogP contribution in [0.15, 0.2) is 140 Å². The van der Waals surface area contributed by atoms with E-state index in [0.717, 1.165) is 0 Å². The van der Waals surface area contributed by atoms with Crippen LogP contribution in [0.5, 0.6) is 0 Å². The van der Waals surface area contributed by atoms with Gasteiger partial charge in [-0.05, 0) is 91.7 Å². The molecule has 0 radical (unpaired) electrons. The van der Waals surface area contributed by atoms with Gasteiger partial charge >= 0.3 is 0 Å². The highest BCUT2D eigenvalue weighted by atomic mass is 32.1. The van der Waals surface area contributed by atoms with Crippen LogP contribution in [-0.2, 0) is 10.8 Å². The lowest BCUT2D eigenvalue weighted by Crippen LogP contribution is -2.18. The summed E-state index contributed by atoms with van der Waals surface area (Å²) in [5.41, 5.74) is 14.4. The van der Waals surface area contributed by atoms with E-state index in [9.17, 15) is 0 Å². The topological polar surface area (TPSA) is 3.24 Å². The summed E-state index contributed by atoms with van der Waals surface area (Å²) in [7, 11) is 0. The van der Waals surface area contributed by atoms with E-state index in [1.54, 1.807) is 0 Å². The monoisotopic (exact) mass is 633 g/mol. The number of hydrogen-bond donors (Lipinski definition) is 0. The van der Waals surface area contributed by atoms with E-state index in [1.807, 2.05) is 11.3 Å². The van der Waals surface area contributed by atoms with Crippen molar-refractivity contribution in [3.8, 4) is 22.3 Å². The van der Waals surface area contributed by atoms with Crippen LogP contribution in [0.25, 0.3) is 53.2 Å². The lowest BCUT2D eigenvalue weighted by molar-refractivity contribution is 0.660. The third-order valence-corrected chi connectivity index (χ3v) is 12.5. The molecule has 10 rings (SSSR count). The highest BCUT2D eigenvalue weighted by molar-refractivity contribution is 7.26. The maximum atomic E-state index is 2.49. The Balaban J connectivity index is 1.20. The van der Waals surface area contributed by atoms with Crippen LogP contribution in [0.3, 0.4) is 0 Å². The van der Waals surface area contributed by atoms with Gasteiger partial charge in [-0.2, -0.15) is 0 Å². The number of thiophene rings is 1. The van der Waals surface area contributed by atoms with Crippen LogP contribution in [0.1, 0.15) is 49.9 Å². The van der Waals surface area contributed by atoms with E-state index < -0.39 is 0 Å². The molecule has 1 nitrogen and oxygen atoms in total. The first kappa shape index (κ1) is 27.9. The first-order valence-electron chi connectivity index (χ1n) is 16.9. The SMILES string of the molecule is CC1(C)c2ccccc2-c2ccc(N(c3ccc4c(c3)C(C)(C)c3ccccc3-4)c3ccc4c(c3)sc3c5ccccc5ccc43)cc21. The average Bonchev–Trinajstić information content (AvgIpc) is 3.68. The summed E-state index contributed by atoms with van der Waals surface area (Å²) in [5.74, 6) is 0. The molecule has 0 fully saturated rings. The Kier molecular flexibility index (Phi) is 5.63. The van der Waals surface area contributed by atoms with Gasteiger partial charge in [0.15, 0.2) is 0 Å². The van der Waals surface area contributed by atoms with E-state index in [-0.39, 0.29) is 10.8 Å². The molecule has 2 aliphatic carbocycles. The van der Waals surface area contributed by atoms with Crippen molar-refractivity contribution in [2.45, 2.75) is 38.5 Å².